The van der Waals surface area contributed by atoms with E-state index in [1.165, 1.54) is 67.4 Å². The van der Waals surface area contributed by atoms with Crippen molar-refractivity contribution < 1.29 is 4.39 Å². The second kappa shape index (κ2) is 13.0. The van der Waals surface area contributed by atoms with Gasteiger partial charge in [-0.3, -0.25) is 0 Å². The monoisotopic (exact) mass is 457 g/mol. The number of unbranched alkanes of at least 4 members (excludes halogenated alkanes) is 2. The minimum Gasteiger partial charge on any atom is -0.343 e. The fraction of sp³-hybridized carbons (Fsp3) is 0.481. The number of benzene rings is 2. The molecule has 5 heteroatoms. The van der Waals surface area contributed by atoms with Crippen molar-refractivity contribution in [3.05, 3.63) is 70.6 Å². The van der Waals surface area contributed by atoms with Gasteiger partial charge in [-0.05, 0) is 74.8 Å². The molecule has 0 spiro atoms. The Morgan fingerprint density at radius 2 is 1.66 bits per heavy atom. The number of aromatic nitrogens is 1. The van der Waals surface area contributed by atoms with E-state index in [9.17, 15) is 4.39 Å². The molecule has 1 N–H and O–H groups in total. The van der Waals surface area contributed by atoms with Gasteiger partial charge in [0.15, 0.2) is 0 Å². The van der Waals surface area contributed by atoms with E-state index in [1.54, 1.807) is 6.07 Å². The van der Waals surface area contributed by atoms with Gasteiger partial charge in [-0.2, -0.15) is 0 Å². The molecule has 0 saturated heterocycles. The lowest BCUT2D eigenvalue weighted by Gasteiger charge is -2.21. The molecule has 3 nitrogen and oxygen atoms in total. The molecule has 0 atom stereocenters. The summed E-state index contributed by atoms with van der Waals surface area (Å²) in [6, 6.07) is 13.1. The van der Waals surface area contributed by atoms with Gasteiger partial charge < -0.3 is 14.8 Å². The number of hydrogen-bond acceptors (Lipinski definition) is 2. The number of fused-ring (bicyclic) bond motifs is 1. The van der Waals surface area contributed by atoms with Crippen molar-refractivity contribution in [2.45, 2.75) is 59.0 Å². The number of hydrogen-bond donors (Lipinski definition) is 1. The van der Waals surface area contributed by atoms with Gasteiger partial charge in [0.05, 0.1) is 0 Å². The number of halogens is 2. The van der Waals surface area contributed by atoms with Crippen molar-refractivity contribution in [3.8, 4) is 0 Å². The molecule has 2 aromatic carbocycles. The molecule has 3 rings (SSSR count). The molecule has 0 radical (unpaired) electrons. The molecule has 0 fully saturated rings. The normalized spacial score (nSPS) is 11.7. The van der Waals surface area contributed by atoms with Crippen molar-refractivity contribution in [2.75, 3.05) is 26.2 Å². The lowest BCUT2D eigenvalue weighted by Crippen LogP contribution is -2.29. The third kappa shape index (κ3) is 7.06. The lowest BCUT2D eigenvalue weighted by atomic mass is 10.2. The average Bonchev–Trinajstić information content (AvgIpc) is 3.14. The second-order valence-corrected chi connectivity index (χ2v) is 9.02. The summed E-state index contributed by atoms with van der Waals surface area (Å²) in [4.78, 5) is 2.62. The summed E-state index contributed by atoms with van der Waals surface area (Å²) in [6.07, 6.45) is 8.45. The zero-order valence-corrected chi connectivity index (χ0v) is 20.3. The molecule has 0 aliphatic heterocycles. The largest absolute Gasteiger partial charge is 0.343 e. The Balaban J connectivity index is 1.58. The summed E-state index contributed by atoms with van der Waals surface area (Å²) in [7, 11) is 0. The van der Waals surface area contributed by atoms with E-state index < -0.39 is 0 Å². The van der Waals surface area contributed by atoms with E-state index in [2.05, 4.69) is 59.1 Å². The molecule has 3 aromatic rings. The molecule has 1 aromatic heterocycles. The zero-order chi connectivity index (χ0) is 22.8. The van der Waals surface area contributed by atoms with Gasteiger partial charge in [0.25, 0.3) is 0 Å². The van der Waals surface area contributed by atoms with Gasteiger partial charge in [0, 0.05) is 35.2 Å². The topological polar surface area (TPSA) is 20.2 Å². The summed E-state index contributed by atoms with van der Waals surface area (Å²) in [5.74, 6) is -0.302. The first-order valence-electron chi connectivity index (χ1n) is 12.1. The van der Waals surface area contributed by atoms with Crippen LogP contribution in [0.15, 0.2) is 48.7 Å². The fourth-order valence-corrected chi connectivity index (χ4v) is 4.40. The number of rotatable bonds is 14. The van der Waals surface area contributed by atoms with E-state index in [4.69, 9.17) is 11.6 Å². The number of nitrogens with zero attached hydrogens (tertiary/aromatic N) is 2. The number of para-hydroxylation sites is 1. The van der Waals surface area contributed by atoms with E-state index in [1.807, 2.05) is 0 Å². The number of nitrogens with one attached hydrogen (secondary N) is 1. The molecule has 0 aliphatic carbocycles. The van der Waals surface area contributed by atoms with Gasteiger partial charge in [-0.25, -0.2) is 4.39 Å². The summed E-state index contributed by atoms with van der Waals surface area (Å²) in [5, 5.41) is 5.37. The maximum Gasteiger partial charge on any atom is 0.124 e. The van der Waals surface area contributed by atoms with Crippen LogP contribution in [0.5, 0.6) is 0 Å². The smallest absolute Gasteiger partial charge is 0.124 e. The molecule has 0 aliphatic rings. The molecular weight excluding hydrogens is 421 g/mol. The van der Waals surface area contributed by atoms with Gasteiger partial charge in [0.1, 0.15) is 5.82 Å². The van der Waals surface area contributed by atoms with Crippen LogP contribution < -0.4 is 5.32 Å². The highest BCUT2D eigenvalue weighted by Crippen LogP contribution is 2.25. The van der Waals surface area contributed by atoms with Crippen molar-refractivity contribution >= 4 is 22.5 Å². The Labute approximate surface area is 197 Å². The van der Waals surface area contributed by atoms with Crippen LogP contribution in [0, 0.1) is 5.82 Å². The molecule has 32 heavy (non-hydrogen) atoms. The van der Waals surface area contributed by atoms with E-state index >= 15 is 0 Å². The van der Waals surface area contributed by atoms with Crippen LogP contribution in [0.25, 0.3) is 10.9 Å². The molecule has 0 saturated carbocycles. The highest BCUT2D eigenvalue weighted by molar-refractivity contribution is 6.31. The summed E-state index contributed by atoms with van der Waals surface area (Å²) < 4.78 is 15.6. The van der Waals surface area contributed by atoms with Gasteiger partial charge in [-0.15, -0.1) is 0 Å². The Hall–Kier alpha value is -1.88. The standard InChI is InChI=1S/C27H37ClFN3/c1-3-5-15-31(16-6-4-2)17-9-14-30-19-23-21-32(27-11-8-7-10-25(23)27)20-22-12-13-24(29)18-26(22)28/h7-8,10-13,18,21,30H,3-6,9,14-17,19-20H2,1-2H3. The van der Waals surface area contributed by atoms with Crippen LogP contribution >= 0.6 is 11.6 Å². The van der Waals surface area contributed by atoms with Crippen LogP contribution in [0.2, 0.25) is 5.02 Å². The third-order valence-corrected chi connectivity index (χ3v) is 6.38. The minimum atomic E-state index is -0.302. The van der Waals surface area contributed by atoms with E-state index in [0.29, 0.717) is 11.6 Å². The van der Waals surface area contributed by atoms with Crippen LogP contribution in [0.1, 0.15) is 57.1 Å². The van der Waals surface area contributed by atoms with Crippen LogP contribution in [-0.2, 0) is 13.1 Å². The lowest BCUT2D eigenvalue weighted by molar-refractivity contribution is 0.261. The highest BCUT2D eigenvalue weighted by atomic mass is 35.5. The molecule has 0 bridgehead atoms. The first kappa shape index (κ1) is 24.8. The van der Waals surface area contributed by atoms with Gasteiger partial charge in [-0.1, -0.05) is 62.6 Å². The predicted molar refractivity (Wildman–Crippen MR) is 135 cm³/mol. The fourth-order valence-electron chi connectivity index (χ4n) is 4.18. The zero-order valence-electron chi connectivity index (χ0n) is 19.5. The molecule has 0 unspecified atom stereocenters. The average molecular weight is 458 g/mol. The Morgan fingerprint density at radius 3 is 2.38 bits per heavy atom. The van der Waals surface area contributed by atoms with Gasteiger partial charge >= 0.3 is 0 Å². The first-order valence-corrected chi connectivity index (χ1v) is 12.4. The Morgan fingerprint density at radius 1 is 0.938 bits per heavy atom. The summed E-state index contributed by atoms with van der Waals surface area (Å²) in [6.45, 7) is 10.6. The molecule has 174 valence electrons. The Kier molecular flexibility index (Phi) is 10.0. The summed E-state index contributed by atoms with van der Waals surface area (Å²) >= 11 is 6.27. The Bertz CT molecular complexity index is 961. The summed E-state index contributed by atoms with van der Waals surface area (Å²) in [5.41, 5.74) is 3.38. The quantitative estimate of drug-likeness (QED) is 0.267. The van der Waals surface area contributed by atoms with E-state index in [-0.39, 0.29) is 5.82 Å². The second-order valence-electron chi connectivity index (χ2n) is 8.61. The predicted octanol–water partition coefficient (Wildman–Crippen LogP) is 6.86. The maximum atomic E-state index is 13.4. The third-order valence-electron chi connectivity index (χ3n) is 6.03. The van der Waals surface area contributed by atoms with Crippen LogP contribution in [0.3, 0.4) is 0 Å². The van der Waals surface area contributed by atoms with Crippen LogP contribution in [0.4, 0.5) is 4.39 Å². The van der Waals surface area contributed by atoms with E-state index in [0.717, 1.165) is 31.6 Å². The highest BCUT2D eigenvalue weighted by Gasteiger charge is 2.10. The SMILES string of the molecule is CCCCN(CCCC)CCCNCc1cn(Cc2ccc(F)cc2Cl)c2ccccc12. The molecule has 0 amide bonds. The van der Waals surface area contributed by atoms with Crippen molar-refractivity contribution in [1.29, 1.82) is 0 Å². The molecular formula is C27H37ClFN3. The van der Waals surface area contributed by atoms with Gasteiger partial charge in [0.2, 0.25) is 0 Å². The van der Waals surface area contributed by atoms with Crippen molar-refractivity contribution in [2.24, 2.45) is 0 Å². The minimum absolute atomic E-state index is 0.302. The van der Waals surface area contributed by atoms with Crippen LogP contribution in [-0.4, -0.2) is 35.6 Å². The first-order chi connectivity index (χ1) is 15.6. The maximum absolute atomic E-state index is 13.4. The van der Waals surface area contributed by atoms with Crippen molar-refractivity contribution in [3.63, 3.8) is 0 Å². The molecule has 1 heterocycles. The van der Waals surface area contributed by atoms with Crippen molar-refractivity contribution in [1.82, 2.24) is 14.8 Å².